The van der Waals surface area contributed by atoms with E-state index in [9.17, 15) is 33.9 Å². The van der Waals surface area contributed by atoms with Crippen molar-refractivity contribution in [3.8, 4) is 12.8 Å². The van der Waals surface area contributed by atoms with E-state index in [1.165, 1.54) is 12.2 Å². The van der Waals surface area contributed by atoms with Crippen LogP contribution in [0.5, 0.6) is 0 Å². The number of nitrogens with zero attached hydrogens (tertiary/aromatic N) is 1. The lowest BCUT2D eigenvalue weighted by Gasteiger charge is -2.23. The molecular weight excluding hydrogens is 494 g/mol. The fourth-order valence-electron chi connectivity index (χ4n) is 3.32. The maximum absolute atomic E-state index is 12.6. The van der Waals surface area contributed by atoms with Gasteiger partial charge >= 0.3 is 6.03 Å². The zero-order chi connectivity index (χ0) is 29.7. The Morgan fingerprint density at radius 2 is 1.53 bits per heavy atom. The van der Waals surface area contributed by atoms with Gasteiger partial charge in [-0.25, -0.2) is 4.79 Å². The average molecular weight is 538 g/mol. The van der Waals surface area contributed by atoms with Crippen molar-refractivity contribution in [1.82, 2.24) is 20.9 Å². The predicted molar refractivity (Wildman–Crippen MR) is 143 cm³/mol. The van der Waals surface area contributed by atoms with E-state index in [1.54, 1.807) is 13.8 Å². The van der Waals surface area contributed by atoms with E-state index in [4.69, 9.17) is 5.73 Å². The minimum atomic E-state index is -1.22. The first-order chi connectivity index (χ1) is 18.1. The summed E-state index contributed by atoms with van der Waals surface area (Å²) in [6.45, 7) is 7.26. The van der Waals surface area contributed by atoms with Crippen molar-refractivity contribution in [3.63, 3.8) is 0 Å². The first-order valence-electron chi connectivity index (χ1n) is 12.7. The maximum Gasteiger partial charge on any atom is 0.312 e. The van der Waals surface area contributed by atoms with Gasteiger partial charge in [0.1, 0.15) is 6.04 Å². The van der Waals surface area contributed by atoms with Gasteiger partial charge in [0.05, 0.1) is 12.6 Å². The van der Waals surface area contributed by atoms with Crippen LogP contribution in [0, 0.1) is 18.8 Å². The van der Waals surface area contributed by atoms with E-state index in [2.05, 4.69) is 28.8 Å². The number of amides is 6. The van der Waals surface area contributed by atoms with Crippen LogP contribution in [0.25, 0.3) is 0 Å². The Hall–Kier alpha value is -3.72. The molecular formula is C26H43N5O7. The highest BCUT2D eigenvalue weighted by atomic mass is 16.3. The number of nitrogens with two attached hydrogens (primary N) is 1. The van der Waals surface area contributed by atoms with Gasteiger partial charge in [0.2, 0.25) is 11.8 Å². The second-order valence-corrected chi connectivity index (χ2v) is 8.33. The van der Waals surface area contributed by atoms with E-state index < -0.39 is 36.5 Å². The highest BCUT2D eigenvalue weighted by Gasteiger charge is 2.27. The van der Waals surface area contributed by atoms with Gasteiger partial charge in [-0.2, -0.15) is 0 Å². The lowest BCUT2D eigenvalue weighted by Crippen LogP contribution is -2.53. The molecule has 0 aromatic rings. The minimum absolute atomic E-state index is 0.0943. The van der Waals surface area contributed by atoms with E-state index >= 15 is 0 Å². The van der Waals surface area contributed by atoms with E-state index in [1.807, 2.05) is 13.8 Å². The Morgan fingerprint density at radius 3 is 2.03 bits per heavy atom. The van der Waals surface area contributed by atoms with Gasteiger partial charge in [-0.15, -0.1) is 12.8 Å². The second-order valence-electron chi connectivity index (χ2n) is 8.33. The first-order valence-corrected chi connectivity index (χ1v) is 12.7. The number of aliphatic hydroxyl groups excluding tert-OH is 1. The smallest absolute Gasteiger partial charge is 0.312 e. The van der Waals surface area contributed by atoms with Crippen LogP contribution < -0.4 is 21.7 Å². The summed E-state index contributed by atoms with van der Waals surface area (Å²) in [5.74, 6) is -2.38. The molecule has 0 aliphatic carbocycles. The summed E-state index contributed by atoms with van der Waals surface area (Å²) in [7, 11) is 0. The van der Waals surface area contributed by atoms with Crippen molar-refractivity contribution in [3.05, 3.63) is 12.2 Å². The summed E-state index contributed by atoms with van der Waals surface area (Å²) >= 11 is 0. The molecule has 0 unspecified atom stereocenters. The molecule has 0 aromatic heterocycles. The number of ketones is 1. The number of Topliss-reactive ketones (excluding diaryl/α,β-unsaturated/α-hetero) is 1. The summed E-state index contributed by atoms with van der Waals surface area (Å²) in [6, 6.07) is -2.74. The average Bonchev–Trinajstić information content (AvgIpc) is 3.22. The zero-order valence-corrected chi connectivity index (χ0v) is 22.8. The largest absolute Gasteiger partial charge is 0.394 e. The van der Waals surface area contributed by atoms with E-state index in [0.29, 0.717) is 25.7 Å². The number of primary amides is 1. The van der Waals surface area contributed by atoms with E-state index in [0.717, 1.165) is 4.90 Å². The van der Waals surface area contributed by atoms with Gasteiger partial charge in [-0.3, -0.25) is 28.9 Å². The Bertz CT molecular complexity index is 821. The molecule has 1 aliphatic rings. The monoisotopic (exact) mass is 537 g/mol. The quantitative estimate of drug-likeness (QED) is 0.107. The molecule has 0 fully saturated rings. The predicted octanol–water partition coefficient (Wildman–Crippen LogP) is 0.383. The molecule has 2 atom stereocenters. The van der Waals surface area contributed by atoms with Gasteiger partial charge in [0.15, 0.2) is 5.78 Å². The summed E-state index contributed by atoms with van der Waals surface area (Å²) in [5.41, 5.74) is 5.01. The molecule has 0 saturated carbocycles. The number of urea groups is 1. The van der Waals surface area contributed by atoms with Crippen molar-refractivity contribution >= 4 is 35.4 Å². The molecule has 1 rings (SSSR count). The number of nitrogens with one attached hydrogen (secondary N) is 3. The molecule has 0 saturated heterocycles. The molecule has 12 heteroatoms. The van der Waals surface area contributed by atoms with Gasteiger partial charge in [0.25, 0.3) is 11.8 Å². The molecule has 6 N–H and O–H groups in total. The lowest BCUT2D eigenvalue weighted by molar-refractivity contribution is -0.137. The number of hydrogen-bond acceptors (Lipinski definition) is 7. The topological polar surface area (TPSA) is 188 Å². The third-order valence-corrected chi connectivity index (χ3v) is 5.22. The number of terminal acetylenes is 1. The Labute approximate surface area is 225 Å². The van der Waals surface area contributed by atoms with Crippen LogP contribution in [0.4, 0.5) is 4.79 Å². The molecule has 0 spiro atoms. The van der Waals surface area contributed by atoms with Gasteiger partial charge < -0.3 is 26.8 Å². The van der Waals surface area contributed by atoms with Crippen LogP contribution in [0.15, 0.2) is 12.2 Å². The van der Waals surface area contributed by atoms with Crippen LogP contribution in [-0.4, -0.2) is 77.2 Å². The lowest BCUT2D eigenvalue weighted by atomic mass is 9.97. The highest BCUT2D eigenvalue weighted by Crippen LogP contribution is 2.09. The Kier molecular flexibility index (Phi) is 20.5. The van der Waals surface area contributed by atoms with Crippen molar-refractivity contribution < 1.29 is 33.9 Å². The van der Waals surface area contributed by atoms with Crippen molar-refractivity contribution in [2.45, 2.75) is 78.3 Å². The van der Waals surface area contributed by atoms with Crippen LogP contribution in [0.2, 0.25) is 0 Å². The molecule has 12 nitrogen and oxygen atoms in total. The molecule has 38 heavy (non-hydrogen) atoms. The molecule has 6 amide bonds. The van der Waals surface area contributed by atoms with Crippen molar-refractivity contribution in [2.24, 2.45) is 11.7 Å². The van der Waals surface area contributed by atoms with E-state index in [-0.39, 0.29) is 49.4 Å². The number of unbranched alkanes of at least 4 members (excludes halogenated alkanes) is 2. The zero-order valence-electron chi connectivity index (χ0n) is 22.8. The van der Waals surface area contributed by atoms with Gasteiger partial charge in [-0.1, -0.05) is 34.1 Å². The number of imide groups is 1. The number of carbonyl (C=O) groups excluding carboxylic acids is 6. The molecule has 0 radical (unpaired) electrons. The maximum atomic E-state index is 12.6. The summed E-state index contributed by atoms with van der Waals surface area (Å²) < 4.78 is 0. The fourth-order valence-corrected chi connectivity index (χ4v) is 3.32. The molecule has 1 heterocycles. The van der Waals surface area contributed by atoms with Crippen molar-refractivity contribution in [2.75, 3.05) is 19.7 Å². The third kappa shape index (κ3) is 14.7. The summed E-state index contributed by atoms with van der Waals surface area (Å²) in [5, 5.41) is 17.0. The standard InChI is InChI=1S/C22H35N5O7.C2H6.C2H2/c1-14(2)20(32)15(7-6-11-24-22(23)34)26-21(33)16(13-28)25-17(29)8-4-3-5-12-27-18(30)9-10-19(27)31;2*1-2/h9-10,14-16,28H,3-8,11-13H2,1-2H3,(H,25,29)(H,26,33)(H3,23,24,34);1-2H3;1-2H/t15-,16-;;/m0../s1. The molecule has 0 aromatic carbocycles. The molecule has 0 bridgehead atoms. The molecule has 214 valence electrons. The number of aliphatic hydroxyl groups is 1. The van der Waals surface area contributed by atoms with Gasteiger partial charge in [0, 0.05) is 37.6 Å². The normalized spacial score (nSPS) is 13.4. The number of rotatable bonds is 16. The number of hydrogen-bond donors (Lipinski definition) is 5. The SMILES string of the molecule is C#C.CC.CC(C)C(=O)[C@H](CCCNC(N)=O)NC(=O)[C@H](CO)NC(=O)CCCCCN1C(=O)C=CC1=O. The minimum Gasteiger partial charge on any atom is -0.394 e. The number of carbonyl (C=O) groups is 6. The van der Waals surface area contributed by atoms with Crippen LogP contribution >= 0.6 is 0 Å². The van der Waals surface area contributed by atoms with Crippen molar-refractivity contribution in [1.29, 1.82) is 0 Å². The fraction of sp³-hybridized carbons (Fsp3) is 0.615. The second kappa shape index (κ2) is 21.4. The van der Waals surface area contributed by atoms with Gasteiger partial charge in [-0.05, 0) is 25.7 Å². The molecule has 1 aliphatic heterocycles. The summed E-state index contributed by atoms with van der Waals surface area (Å²) in [4.78, 5) is 72.1. The summed E-state index contributed by atoms with van der Waals surface area (Å²) in [6.07, 6.45) is 12.8. The Balaban J connectivity index is 0. The Morgan fingerprint density at radius 1 is 0.947 bits per heavy atom. The highest BCUT2D eigenvalue weighted by molar-refractivity contribution is 6.12. The van der Waals surface area contributed by atoms with Crippen LogP contribution in [-0.2, 0) is 24.0 Å². The van der Waals surface area contributed by atoms with Crippen LogP contribution in [0.1, 0.15) is 66.2 Å². The van der Waals surface area contributed by atoms with Crippen LogP contribution in [0.3, 0.4) is 0 Å². The third-order valence-electron chi connectivity index (χ3n) is 5.22. The first kappa shape index (κ1) is 36.4.